The Bertz CT molecular complexity index is 1000. The number of rotatable bonds is 5. The molecule has 0 bridgehead atoms. The van der Waals surface area contributed by atoms with E-state index in [4.69, 9.17) is 9.73 Å². The van der Waals surface area contributed by atoms with Crippen molar-refractivity contribution in [3.8, 4) is 5.75 Å². The van der Waals surface area contributed by atoms with Crippen LogP contribution in [0.3, 0.4) is 0 Å². The number of hydrogen-bond donors (Lipinski definition) is 0. The van der Waals surface area contributed by atoms with Gasteiger partial charge in [-0.15, -0.1) is 0 Å². The van der Waals surface area contributed by atoms with Gasteiger partial charge in [-0.25, -0.2) is 4.99 Å². The van der Waals surface area contributed by atoms with Crippen LogP contribution in [0, 0.1) is 20.8 Å². The van der Waals surface area contributed by atoms with Crippen molar-refractivity contribution in [2.45, 2.75) is 32.6 Å². The maximum Gasteiger partial charge on any atom is 0.126 e. The first kappa shape index (κ1) is 20.0. The predicted octanol–water partition coefficient (Wildman–Crippen LogP) is 7.42. The van der Waals surface area contributed by atoms with Crippen molar-refractivity contribution < 1.29 is 4.74 Å². The summed E-state index contributed by atoms with van der Waals surface area (Å²) in [7, 11) is 0. The Balaban J connectivity index is 1.89. The van der Waals surface area contributed by atoms with Crippen LogP contribution in [0.2, 0.25) is 0 Å². The van der Waals surface area contributed by atoms with E-state index in [1.54, 1.807) is 18.0 Å². The molecule has 3 aromatic carbocycles. The van der Waals surface area contributed by atoms with E-state index >= 15 is 0 Å². The highest BCUT2D eigenvalue weighted by molar-refractivity contribution is 8.14. The van der Waals surface area contributed by atoms with E-state index in [1.165, 1.54) is 16.7 Å². The van der Waals surface area contributed by atoms with Crippen molar-refractivity contribution in [1.29, 1.82) is 0 Å². The average Bonchev–Trinajstić information content (AvgIpc) is 2.67. The number of hydrogen-bond acceptors (Lipinski definition) is 3. The van der Waals surface area contributed by atoms with Crippen molar-refractivity contribution in [3.05, 3.63) is 101 Å². The summed E-state index contributed by atoms with van der Waals surface area (Å²) in [5.74, 6) is 0.828. The molecule has 0 fully saturated rings. The zero-order valence-electron chi connectivity index (χ0n) is 16.8. The topological polar surface area (TPSA) is 21.6 Å². The second-order valence-corrected chi connectivity index (χ2v) is 7.97. The molecular weight excluding hydrogens is 362 g/mol. The fraction of sp³-hybridized carbons (Fsp3) is 0.160. The summed E-state index contributed by atoms with van der Waals surface area (Å²) in [5.41, 5.74) is 5.54. The highest BCUT2D eigenvalue weighted by Gasteiger charge is 2.08. The van der Waals surface area contributed by atoms with Crippen LogP contribution in [0.15, 0.2) is 94.5 Å². The third-order valence-corrected chi connectivity index (χ3v) is 5.26. The van der Waals surface area contributed by atoms with Gasteiger partial charge in [-0.3, -0.25) is 0 Å². The highest BCUT2D eigenvalue weighted by atomic mass is 32.2. The Kier molecular flexibility index (Phi) is 6.72. The molecule has 0 saturated carbocycles. The van der Waals surface area contributed by atoms with Crippen LogP contribution >= 0.6 is 11.8 Å². The quantitative estimate of drug-likeness (QED) is 0.197. The van der Waals surface area contributed by atoms with E-state index in [2.05, 4.69) is 63.2 Å². The van der Waals surface area contributed by atoms with Crippen LogP contribution in [0.25, 0.3) is 0 Å². The molecule has 0 aliphatic rings. The van der Waals surface area contributed by atoms with E-state index in [0.29, 0.717) is 0 Å². The summed E-state index contributed by atoms with van der Waals surface area (Å²) in [4.78, 5) is 6.05. The molecule has 0 spiro atoms. The van der Waals surface area contributed by atoms with E-state index in [9.17, 15) is 0 Å². The molecule has 3 heteroatoms. The number of aliphatic imine (C=N–C) groups is 1. The molecule has 0 atom stereocenters. The molecule has 28 heavy (non-hydrogen) atoms. The van der Waals surface area contributed by atoms with Gasteiger partial charge in [0.2, 0.25) is 0 Å². The van der Waals surface area contributed by atoms with Crippen molar-refractivity contribution in [1.82, 2.24) is 0 Å². The fourth-order valence-electron chi connectivity index (χ4n) is 2.61. The smallest absolute Gasteiger partial charge is 0.126 e. The molecule has 0 aromatic heterocycles. The Morgan fingerprint density at radius 2 is 1.50 bits per heavy atom. The van der Waals surface area contributed by atoms with Gasteiger partial charge in [0.15, 0.2) is 0 Å². The van der Waals surface area contributed by atoms with Gasteiger partial charge in [0.25, 0.3) is 0 Å². The first-order chi connectivity index (χ1) is 13.5. The summed E-state index contributed by atoms with van der Waals surface area (Å²) >= 11 is 1.65. The maximum atomic E-state index is 5.89. The van der Waals surface area contributed by atoms with Crippen molar-refractivity contribution in [2.24, 2.45) is 4.99 Å². The molecule has 0 saturated heterocycles. The standard InChI is InChI=1S/C25H25NOS/c1-18-11-13-22(14-12-18)26-25(28-24-10-6-8-20(3)16-24)21(4)17-27-23-9-5-7-19(2)15-23/h5-17H,1-4H3/b21-17+,26-25?. The Morgan fingerprint density at radius 3 is 2.18 bits per heavy atom. The van der Waals surface area contributed by atoms with Gasteiger partial charge in [0.05, 0.1) is 11.9 Å². The summed E-state index contributed by atoms with van der Waals surface area (Å²) in [6, 6.07) is 24.7. The third-order valence-electron chi connectivity index (χ3n) is 4.17. The van der Waals surface area contributed by atoms with Crippen LogP contribution in [-0.4, -0.2) is 5.04 Å². The number of aryl methyl sites for hydroxylation is 3. The largest absolute Gasteiger partial charge is 0.465 e. The molecule has 0 N–H and O–H groups in total. The number of ether oxygens (including phenoxy) is 1. The molecule has 0 amide bonds. The molecule has 0 radical (unpaired) electrons. The third kappa shape index (κ3) is 5.86. The van der Waals surface area contributed by atoms with Gasteiger partial charge in [-0.1, -0.05) is 59.3 Å². The van der Waals surface area contributed by atoms with Gasteiger partial charge < -0.3 is 4.74 Å². The van der Waals surface area contributed by atoms with Crippen molar-refractivity contribution in [3.63, 3.8) is 0 Å². The monoisotopic (exact) mass is 387 g/mol. The van der Waals surface area contributed by atoms with Crippen molar-refractivity contribution >= 4 is 22.5 Å². The summed E-state index contributed by atoms with van der Waals surface area (Å²) in [6.45, 7) is 8.27. The van der Waals surface area contributed by atoms with Gasteiger partial charge in [0, 0.05) is 10.5 Å². The van der Waals surface area contributed by atoms with Crippen LogP contribution < -0.4 is 4.74 Å². The first-order valence-electron chi connectivity index (χ1n) is 9.30. The second kappa shape index (κ2) is 9.43. The normalized spacial score (nSPS) is 12.1. The van der Waals surface area contributed by atoms with E-state index in [0.717, 1.165) is 26.9 Å². The molecule has 142 valence electrons. The van der Waals surface area contributed by atoms with E-state index in [-0.39, 0.29) is 0 Å². The summed E-state index contributed by atoms with van der Waals surface area (Å²) < 4.78 is 5.89. The minimum absolute atomic E-state index is 0.828. The van der Waals surface area contributed by atoms with Crippen LogP contribution in [0.5, 0.6) is 5.75 Å². The Morgan fingerprint density at radius 1 is 0.821 bits per heavy atom. The van der Waals surface area contributed by atoms with E-state index in [1.807, 2.05) is 37.3 Å². The Hall–Kier alpha value is -2.78. The number of benzene rings is 3. The molecule has 0 aliphatic carbocycles. The lowest BCUT2D eigenvalue weighted by molar-refractivity contribution is 0.478. The Labute approximate surface area is 172 Å². The minimum Gasteiger partial charge on any atom is -0.465 e. The zero-order chi connectivity index (χ0) is 19.9. The highest BCUT2D eigenvalue weighted by Crippen LogP contribution is 2.27. The lowest BCUT2D eigenvalue weighted by atomic mass is 10.2. The zero-order valence-corrected chi connectivity index (χ0v) is 17.6. The van der Waals surface area contributed by atoms with E-state index < -0.39 is 0 Å². The summed E-state index contributed by atoms with van der Waals surface area (Å²) in [5, 5.41) is 0.919. The first-order valence-corrected chi connectivity index (χ1v) is 10.1. The van der Waals surface area contributed by atoms with Gasteiger partial charge in [0.1, 0.15) is 10.8 Å². The fourth-order valence-corrected chi connectivity index (χ4v) is 3.59. The van der Waals surface area contributed by atoms with Crippen LogP contribution in [0.4, 0.5) is 5.69 Å². The molecule has 0 unspecified atom stereocenters. The van der Waals surface area contributed by atoms with Crippen LogP contribution in [-0.2, 0) is 0 Å². The lowest BCUT2D eigenvalue weighted by Crippen LogP contribution is -1.97. The molecule has 3 aromatic rings. The maximum absolute atomic E-state index is 5.89. The second-order valence-electron chi connectivity index (χ2n) is 6.91. The van der Waals surface area contributed by atoms with Gasteiger partial charge >= 0.3 is 0 Å². The summed E-state index contributed by atoms with van der Waals surface area (Å²) in [6.07, 6.45) is 1.78. The lowest BCUT2D eigenvalue weighted by Gasteiger charge is -2.09. The molecule has 3 rings (SSSR count). The molecule has 0 heterocycles. The predicted molar refractivity (Wildman–Crippen MR) is 121 cm³/mol. The van der Waals surface area contributed by atoms with Gasteiger partial charge in [-0.05, 0) is 69.7 Å². The van der Waals surface area contributed by atoms with Crippen molar-refractivity contribution in [2.75, 3.05) is 0 Å². The van der Waals surface area contributed by atoms with Gasteiger partial charge in [-0.2, -0.15) is 0 Å². The minimum atomic E-state index is 0.828. The number of nitrogens with zero attached hydrogens (tertiary/aromatic N) is 1. The number of thioether (sulfide) groups is 1. The average molecular weight is 388 g/mol. The SMILES string of the molecule is C/C(=C\Oc1cccc(C)c1)C(=Nc1ccc(C)cc1)Sc1cccc(C)c1. The van der Waals surface area contributed by atoms with Crippen LogP contribution in [0.1, 0.15) is 23.6 Å². The molecule has 2 nitrogen and oxygen atoms in total. The molecular formula is C25H25NOS. The molecule has 0 aliphatic heterocycles.